The van der Waals surface area contributed by atoms with Gasteiger partial charge in [0, 0.05) is 11.8 Å². The van der Waals surface area contributed by atoms with Crippen LogP contribution < -0.4 is 0 Å². The number of hydrogen-bond donors (Lipinski definition) is 0. The number of Topliss-reactive ketones (excluding diaryl/α,β-unsaturated/α-hetero) is 1. The van der Waals surface area contributed by atoms with E-state index in [1.165, 1.54) is 6.42 Å². The fourth-order valence-corrected chi connectivity index (χ4v) is 7.57. The quantitative estimate of drug-likeness (QED) is 0.603. The molecule has 5 nitrogen and oxygen atoms in total. The summed E-state index contributed by atoms with van der Waals surface area (Å²) in [6.07, 6.45) is 8.41. The van der Waals surface area contributed by atoms with Gasteiger partial charge in [0.15, 0.2) is 0 Å². The van der Waals surface area contributed by atoms with Gasteiger partial charge in [-0.15, -0.1) is 0 Å². The van der Waals surface area contributed by atoms with Crippen molar-refractivity contribution >= 4 is 17.7 Å². The molecule has 0 amide bonds. The summed E-state index contributed by atoms with van der Waals surface area (Å²) in [4.78, 5) is 38.6. The minimum atomic E-state index is -0.489. The third-order valence-corrected chi connectivity index (χ3v) is 9.40. The Morgan fingerprint density at radius 3 is 2.33 bits per heavy atom. The first kappa shape index (κ1) is 20.5. The number of hydrogen-bond acceptors (Lipinski definition) is 5. The van der Waals surface area contributed by atoms with E-state index < -0.39 is 10.8 Å². The lowest BCUT2D eigenvalue weighted by Gasteiger charge is -2.54. The number of ketones is 1. The molecule has 6 saturated carbocycles. The van der Waals surface area contributed by atoms with Crippen LogP contribution in [0.3, 0.4) is 0 Å². The highest BCUT2D eigenvalue weighted by atomic mass is 16.5. The fraction of sp³-hybridized carbons (Fsp3) is 0.880. The Labute approximate surface area is 179 Å². The summed E-state index contributed by atoms with van der Waals surface area (Å²) in [5, 5.41) is 0. The first-order valence-corrected chi connectivity index (χ1v) is 12.1. The predicted octanol–water partition coefficient (Wildman–Crippen LogP) is 4.32. The van der Waals surface area contributed by atoms with Crippen LogP contribution >= 0.6 is 0 Å². The minimum absolute atomic E-state index is 0.0752. The predicted molar refractivity (Wildman–Crippen MR) is 110 cm³/mol. The van der Waals surface area contributed by atoms with E-state index >= 15 is 0 Å². The Bertz CT molecular complexity index is 741. The van der Waals surface area contributed by atoms with Crippen LogP contribution in [-0.2, 0) is 23.9 Å². The second-order valence-electron chi connectivity index (χ2n) is 11.8. The molecule has 6 bridgehead atoms. The van der Waals surface area contributed by atoms with Gasteiger partial charge in [-0.3, -0.25) is 14.4 Å². The molecule has 6 aliphatic rings. The Morgan fingerprint density at radius 1 is 1.00 bits per heavy atom. The highest BCUT2D eigenvalue weighted by Gasteiger charge is 2.58. The highest BCUT2D eigenvalue weighted by Crippen LogP contribution is 2.58. The second kappa shape index (κ2) is 7.06. The number of rotatable bonds is 6. The Hall–Kier alpha value is -1.39. The van der Waals surface area contributed by atoms with Gasteiger partial charge in [0.1, 0.15) is 18.5 Å². The number of esters is 2. The van der Waals surface area contributed by atoms with Crippen LogP contribution in [0.1, 0.15) is 78.6 Å². The molecule has 6 unspecified atom stereocenters. The molecule has 0 aromatic rings. The Kier molecular flexibility index (Phi) is 4.83. The molecule has 6 atom stereocenters. The molecule has 5 heteroatoms. The third-order valence-electron chi connectivity index (χ3n) is 9.40. The van der Waals surface area contributed by atoms with E-state index in [0.29, 0.717) is 23.5 Å². The van der Waals surface area contributed by atoms with Gasteiger partial charge in [-0.25, -0.2) is 0 Å². The van der Waals surface area contributed by atoms with Crippen LogP contribution in [0, 0.1) is 46.3 Å². The first-order chi connectivity index (χ1) is 14.2. The molecule has 0 aromatic heterocycles. The van der Waals surface area contributed by atoms with Crippen LogP contribution in [0.4, 0.5) is 0 Å². The molecule has 0 N–H and O–H groups in total. The van der Waals surface area contributed by atoms with E-state index in [4.69, 9.17) is 9.47 Å². The van der Waals surface area contributed by atoms with E-state index in [2.05, 4.69) is 0 Å². The van der Waals surface area contributed by atoms with Crippen molar-refractivity contribution in [2.24, 2.45) is 46.3 Å². The van der Waals surface area contributed by atoms with Crippen LogP contribution in [0.5, 0.6) is 0 Å². The standard InChI is InChI=1S/C25H36O5/c1-4-24(2,3)23(28)30-20-10-14-8-18(20)19(9-14)22(27)29-13-25-11-15-5-16(12-25)7-17(6-15)21(25)26/h14-20H,4-13H2,1-3H3. The van der Waals surface area contributed by atoms with Crippen molar-refractivity contribution in [2.75, 3.05) is 6.61 Å². The summed E-state index contributed by atoms with van der Waals surface area (Å²) in [7, 11) is 0. The zero-order valence-corrected chi connectivity index (χ0v) is 18.7. The molecule has 0 radical (unpaired) electrons. The van der Waals surface area contributed by atoms with Gasteiger partial charge in [-0.1, -0.05) is 6.92 Å². The molecule has 6 fully saturated rings. The molecule has 0 aromatic carbocycles. The molecule has 0 saturated heterocycles. The Morgan fingerprint density at radius 2 is 1.70 bits per heavy atom. The van der Waals surface area contributed by atoms with Crippen molar-refractivity contribution in [2.45, 2.75) is 84.7 Å². The maximum absolute atomic E-state index is 13.0. The average molecular weight is 417 g/mol. The van der Waals surface area contributed by atoms with E-state index in [0.717, 1.165) is 51.4 Å². The molecule has 0 heterocycles. The van der Waals surface area contributed by atoms with Gasteiger partial charge < -0.3 is 9.47 Å². The lowest BCUT2D eigenvalue weighted by atomic mass is 9.49. The van der Waals surface area contributed by atoms with Gasteiger partial charge in [-0.05, 0) is 89.4 Å². The van der Waals surface area contributed by atoms with Crippen LogP contribution in [0.2, 0.25) is 0 Å². The minimum Gasteiger partial charge on any atom is -0.464 e. The molecule has 0 spiro atoms. The maximum Gasteiger partial charge on any atom is 0.311 e. The largest absolute Gasteiger partial charge is 0.464 e. The van der Waals surface area contributed by atoms with E-state index in [1.54, 1.807) is 0 Å². The van der Waals surface area contributed by atoms with Gasteiger partial charge in [0.05, 0.1) is 16.7 Å². The summed E-state index contributed by atoms with van der Waals surface area (Å²) < 4.78 is 11.8. The smallest absolute Gasteiger partial charge is 0.311 e. The number of carbonyl (C=O) groups is 3. The zero-order chi connectivity index (χ0) is 21.3. The summed E-state index contributed by atoms with van der Waals surface area (Å²) in [5.74, 6) is 1.87. The SMILES string of the molecule is CCC(C)(C)C(=O)OC1CC2CC(C(=O)OCC34CC5CC(CC(C5)C3=O)C4)C1C2. The van der Waals surface area contributed by atoms with Crippen LogP contribution in [0.25, 0.3) is 0 Å². The Balaban J connectivity index is 1.21. The molecular weight excluding hydrogens is 380 g/mol. The van der Waals surface area contributed by atoms with E-state index in [9.17, 15) is 14.4 Å². The zero-order valence-electron chi connectivity index (χ0n) is 18.7. The summed E-state index contributed by atoms with van der Waals surface area (Å²) in [6, 6.07) is 0. The number of ether oxygens (including phenoxy) is 2. The first-order valence-electron chi connectivity index (χ1n) is 12.1. The maximum atomic E-state index is 13.0. The summed E-state index contributed by atoms with van der Waals surface area (Å²) >= 11 is 0. The topological polar surface area (TPSA) is 69.7 Å². The van der Waals surface area contributed by atoms with Crippen molar-refractivity contribution in [3.05, 3.63) is 0 Å². The molecule has 6 aliphatic carbocycles. The van der Waals surface area contributed by atoms with Crippen molar-refractivity contribution < 1.29 is 23.9 Å². The van der Waals surface area contributed by atoms with Crippen molar-refractivity contribution in [1.82, 2.24) is 0 Å². The van der Waals surface area contributed by atoms with Gasteiger partial charge in [0.25, 0.3) is 0 Å². The van der Waals surface area contributed by atoms with Gasteiger partial charge >= 0.3 is 11.9 Å². The van der Waals surface area contributed by atoms with Crippen molar-refractivity contribution in [1.29, 1.82) is 0 Å². The third kappa shape index (κ3) is 3.22. The van der Waals surface area contributed by atoms with Crippen molar-refractivity contribution in [3.63, 3.8) is 0 Å². The fourth-order valence-electron chi connectivity index (χ4n) is 7.57. The average Bonchev–Trinajstić information content (AvgIpc) is 3.30. The summed E-state index contributed by atoms with van der Waals surface area (Å²) in [5.41, 5.74) is -0.893. The number of fused-ring (bicyclic) bond motifs is 2. The van der Waals surface area contributed by atoms with Crippen LogP contribution in [0.15, 0.2) is 0 Å². The molecule has 30 heavy (non-hydrogen) atoms. The highest BCUT2D eigenvalue weighted by molar-refractivity contribution is 5.89. The van der Waals surface area contributed by atoms with Gasteiger partial charge in [-0.2, -0.15) is 0 Å². The van der Waals surface area contributed by atoms with E-state index in [-0.39, 0.29) is 42.4 Å². The van der Waals surface area contributed by atoms with Gasteiger partial charge in [0.2, 0.25) is 0 Å². The second-order valence-corrected chi connectivity index (χ2v) is 11.8. The molecule has 166 valence electrons. The van der Waals surface area contributed by atoms with Crippen LogP contribution in [-0.4, -0.2) is 30.4 Å². The monoisotopic (exact) mass is 416 g/mol. The lowest BCUT2D eigenvalue weighted by molar-refractivity contribution is -0.174. The molecular formula is C25H36O5. The molecule has 6 rings (SSSR count). The lowest BCUT2D eigenvalue weighted by Crippen LogP contribution is -2.55. The normalized spacial score (nSPS) is 43.8. The van der Waals surface area contributed by atoms with E-state index in [1.807, 2.05) is 20.8 Å². The summed E-state index contributed by atoms with van der Waals surface area (Å²) in [6.45, 7) is 6.09. The molecule has 0 aliphatic heterocycles. The number of carbonyl (C=O) groups excluding carboxylic acids is 3. The van der Waals surface area contributed by atoms with Crippen molar-refractivity contribution in [3.8, 4) is 0 Å².